The Bertz CT molecular complexity index is 1150. The summed E-state index contributed by atoms with van der Waals surface area (Å²) in [6, 6.07) is 15.0. The van der Waals surface area contributed by atoms with Crippen molar-refractivity contribution in [3.05, 3.63) is 65.3 Å². The van der Waals surface area contributed by atoms with E-state index in [1.54, 1.807) is 36.4 Å². The van der Waals surface area contributed by atoms with E-state index in [0.29, 0.717) is 22.4 Å². The molecule has 2 aromatic heterocycles. The molecule has 0 saturated carbocycles. The number of hydrogen-bond donors (Lipinski definition) is 2. The van der Waals surface area contributed by atoms with Crippen molar-refractivity contribution < 1.29 is 18.3 Å². The highest BCUT2D eigenvalue weighted by molar-refractivity contribution is 7.93. The van der Waals surface area contributed by atoms with Gasteiger partial charge in [-0.05, 0) is 36.8 Å². The Kier molecular flexibility index (Phi) is 5.73. The molecule has 3 rings (SSSR count). The highest BCUT2D eigenvalue weighted by atomic mass is 32.2. The van der Waals surface area contributed by atoms with E-state index < -0.39 is 15.9 Å². The van der Waals surface area contributed by atoms with Gasteiger partial charge in [-0.3, -0.25) is 0 Å². The fourth-order valence-corrected chi connectivity index (χ4v) is 5.78. The lowest BCUT2D eigenvalue weighted by atomic mass is 10.1. The average Bonchev–Trinajstić information content (AvgIpc) is 3.13. The number of benzene rings is 1. The molecular weight excluding hydrogens is 398 g/mol. The number of nitrogens with one attached hydrogen (secondary N) is 1. The molecule has 7 nitrogen and oxygen atoms in total. The molecule has 9 heteroatoms. The largest absolute Gasteiger partial charge is 0.465 e. The maximum absolute atomic E-state index is 13.2. The van der Waals surface area contributed by atoms with E-state index in [1.807, 2.05) is 6.07 Å². The van der Waals surface area contributed by atoms with Crippen LogP contribution in [0.1, 0.15) is 10.6 Å². The summed E-state index contributed by atoms with van der Waals surface area (Å²) < 4.78 is 26.5. The van der Waals surface area contributed by atoms with E-state index in [2.05, 4.69) is 10.3 Å². The third-order valence-corrected chi connectivity index (χ3v) is 7.40. The Labute approximate surface area is 165 Å². The number of amides is 1. The maximum Gasteiger partial charge on any atom is 0.404 e. The quantitative estimate of drug-likeness (QED) is 0.639. The van der Waals surface area contributed by atoms with Crippen molar-refractivity contribution >= 4 is 27.3 Å². The molecule has 2 heterocycles. The molecule has 3 aromatic rings. The Morgan fingerprint density at radius 3 is 2.61 bits per heavy atom. The summed E-state index contributed by atoms with van der Waals surface area (Å²) in [6.45, 7) is 0.151. The number of carbonyl (C=O) groups is 1. The summed E-state index contributed by atoms with van der Waals surface area (Å²) in [5.74, 6) is 0. The molecule has 0 saturated heterocycles. The average molecular weight is 413 g/mol. The lowest BCUT2D eigenvalue weighted by molar-refractivity contribution is 0.194. The van der Waals surface area contributed by atoms with Gasteiger partial charge in [0.25, 0.3) is 0 Å². The van der Waals surface area contributed by atoms with E-state index in [0.717, 1.165) is 11.3 Å². The summed E-state index contributed by atoms with van der Waals surface area (Å²) in [4.78, 5) is 15.5. The SMILES string of the molecule is N#Cc1ncccc1-c1cc(CCNC(=O)O)sc1S(=O)(=O)c1ccccc1. The molecule has 0 aliphatic heterocycles. The van der Waals surface area contributed by atoms with Gasteiger partial charge in [0.2, 0.25) is 9.84 Å². The minimum Gasteiger partial charge on any atom is -0.465 e. The molecular formula is C19H15N3O4S2. The van der Waals surface area contributed by atoms with Crippen LogP contribution in [0.5, 0.6) is 0 Å². The fraction of sp³-hybridized carbons (Fsp3) is 0.105. The molecule has 0 unspecified atom stereocenters. The second-order valence-corrected chi connectivity index (χ2v) is 9.01. The standard InChI is InChI=1S/C19H15N3O4S2/c20-12-17-15(7-4-9-21-17)16-11-13(8-10-22-19(23)24)27-18(16)28(25,26)14-5-2-1-3-6-14/h1-7,9,11,22H,8,10H2,(H,23,24). The molecule has 0 fully saturated rings. The molecule has 0 aliphatic rings. The highest BCUT2D eigenvalue weighted by Crippen LogP contribution is 2.39. The zero-order valence-corrected chi connectivity index (χ0v) is 16.1. The lowest BCUT2D eigenvalue weighted by Crippen LogP contribution is -2.22. The van der Waals surface area contributed by atoms with Crippen LogP contribution in [-0.4, -0.2) is 31.1 Å². The molecule has 28 heavy (non-hydrogen) atoms. The van der Waals surface area contributed by atoms with Gasteiger partial charge in [0.15, 0.2) is 0 Å². The monoisotopic (exact) mass is 413 g/mol. The summed E-state index contributed by atoms with van der Waals surface area (Å²) in [5, 5.41) is 20.4. The van der Waals surface area contributed by atoms with Crippen molar-refractivity contribution in [1.82, 2.24) is 10.3 Å². The Morgan fingerprint density at radius 1 is 1.18 bits per heavy atom. The smallest absolute Gasteiger partial charge is 0.404 e. The van der Waals surface area contributed by atoms with Gasteiger partial charge in [-0.25, -0.2) is 18.2 Å². The number of sulfone groups is 1. The first-order chi connectivity index (χ1) is 13.4. The Hall–Kier alpha value is -3.22. The van der Waals surface area contributed by atoms with Crippen molar-refractivity contribution in [3.63, 3.8) is 0 Å². The normalized spacial score (nSPS) is 11.0. The predicted molar refractivity (Wildman–Crippen MR) is 104 cm³/mol. The number of aromatic nitrogens is 1. The number of carboxylic acid groups (broad SMARTS) is 1. The van der Waals surface area contributed by atoms with Gasteiger partial charge < -0.3 is 10.4 Å². The minimum atomic E-state index is -3.82. The van der Waals surface area contributed by atoms with Crippen LogP contribution in [0.4, 0.5) is 4.79 Å². The molecule has 1 amide bonds. The number of nitriles is 1. The predicted octanol–water partition coefficient (Wildman–Crippen LogP) is 3.32. The van der Waals surface area contributed by atoms with Gasteiger partial charge in [0.05, 0.1) is 4.90 Å². The van der Waals surface area contributed by atoms with Crippen LogP contribution in [0.15, 0.2) is 63.8 Å². The third-order valence-electron chi connectivity index (χ3n) is 3.90. The second-order valence-electron chi connectivity index (χ2n) is 5.72. The summed E-state index contributed by atoms with van der Waals surface area (Å²) in [6.07, 6.45) is 0.654. The number of rotatable bonds is 6. The number of nitrogens with zero attached hydrogens (tertiary/aromatic N) is 2. The Balaban J connectivity index is 2.13. The van der Waals surface area contributed by atoms with Crippen LogP contribution in [0.2, 0.25) is 0 Å². The summed E-state index contributed by atoms with van der Waals surface area (Å²) in [7, 11) is -3.82. The van der Waals surface area contributed by atoms with Crippen LogP contribution >= 0.6 is 11.3 Å². The van der Waals surface area contributed by atoms with E-state index in [1.165, 1.54) is 18.3 Å². The van der Waals surface area contributed by atoms with Crippen molar-refractivity contribution in [2.45, 2.75) is 15.5 Å². The lowest BCUT2D eigenvalue weighted by Gasteiger charge is -2.07. The van der Waals surface area contributed by atoms with Crippen molar-refractivity contribution in [1.29, 1.82) is 5.26 Å². The molecule has 0 bridgehead atoms. The summed E-state index contributed by atoms with van der Waals surface area (Å²) in [5.41, 5.74) is 0.942. The van der Waals surface area contributed by atoms with Gasteiger partial charge in [-0.1, -0.05) is 18.2 Å². The van der Waals surface area contributed by atoms with Crippen LogP contribution in [-0.2, 0) is 16.3 Å². The molecule has 142 valence electrons. The van der Waals surface area contributed by atoms with E-state index in [9.17, 15) is 18.5 Å². The van der Waals surface area contributed by atoms with Crippen LogP contribution in [0.25, 0.3) is 11.1 Å². The van der Waals surface area contributed by atoms with E-state index in [-0.39, 0.29) is 21.3 Å². The molecule has 0 aliphatic carbocycles. The van der Waals surface area contributed by atoms with Gasteiger partial charge in [0, 0.05) is 28.7 Å². The first-order valence-electron chi connectivity index (χ1n) is 8.18. The zero-order chi connectivity index (χ0) is 20.1. The molecule has 2 N–H and O–H groups in total. The Morgan fingerprint density at radius 2 is 1.93 bits per heavy atom. The van der Waals surface area contributed by atoms with Gasteiger partial charge in [-0.15, -0.1) is 11.3 Å². The zero-order valence-electron chi connectivity index (χ0n) is 14.5. The van der Waals surface area contributed by atoms with E-state index >= 15 is 0 Å². The van der Waals surface area contributed by atoms with Crippen molar-refractivity contribution in [3.8, 4) is 17.2 Å². The number of pyridine rings is 1. The van der Waals surface area contributed by atoms with Crippen molar-refractivity contribution in [2.75, 3.05) is 6.54 Å². The van der Waals surface area contributed by atoms with Gasteiger partial charge in [0.1, 0.15) is 16.0 Å². The highest BCUT2D eigenvalue weighted by Gasteiger charge is 2.26. The summed E-state index contributed by atoms with van der Waals surface area (Å²) >= 11 is 1.07. The van der Waals surface area contributed by atoms with Crippen LogP contribution in [0.3, 0.4) is 0 Å². The van der Waals surface area contributed by atoms with Gasteiger partial charge in [-0.2, -0.15) is 5.26 Å². The topological polar surface area (TPSA) is 120 Å². The first-order valence-corrected chi connectivity index (χ1v) is 10.5. The third kappa shape index (κ3) is 4.03. The van der Waals surface area contributed by atoms with E-state index in [4.69, 9.17) is 5.11 Å². The maximum atomic E-state index is 13.2. The minimum absolute atomic E-state index is 0.105. The fourth-order valence-electron chi connectivity index (χ4n) is 2.64. The molecule has 1 aromatic carbocycles. The first kappa shape index (κ1) is 19.5. The number of hydrogen-bond acceptors (Lipinski definition) is 6. The van der Waals surface area contributed by atoms with Gasteiger partial charge >= 0.3 is 6.09 Å². The van der Waals surface area contributed by atoms with Crippen LogP contribution in [0, 0.1) is 11.3 Å². The molecule has 0 radical (unpaired) electrons. The second kappa shape index (κ2) is 8.21. The van der Waals surface area contributed by atoms with Crippen molar-refractivity contribution in [2.24, 2.45) is 0 Å². The molecule has 0 atom stereocenters. The number of thiophene rings is 1. The molecule has 0 spiro atoms. The van der Waals surface area contributed by atoms with Crippen LogP contribution < -0.4 is 5.32 Å².